The number of pyridine rings is 2. The molecule has 0 atom stereocenters. The number of nitro groups is 1. The van der Waals surface area contributed by atoms with Crippen molar-refractivity contribution in [3.8, 4) is 0 Å². The third kappa shape index (κ3) is 3.56. The minimum atomic E-state index is -1.07. The zero-order valence-corrected chi connectivity index (χ0v) is 13.6. The molecular weight excluding hydrogens is 344 g/mol. The van der Waals surface area contributed by atoms with Gasteiger partial charge in [-0.25, -0.2) is 13.8 Å². The molecule has 26 heavy (non-hydrogen) atoms. The maximum absolute atomic E-state index is 13.4. The number of rotatable bonds is 5. The molecule has 0 unspecified atom stereocenters. The molecule has 2 heterocycles. The molecule has 0 amide bonds. The quantitative estimate of drug-likeness (QED) is 0.545. The maximum Gasteiger partial charge on any atom is 0.311 e. The highest BCUT2D eigenvalue weighted by Crippen LogP contribution is 2.30. The van der Waals surface area contributed by atoms with Gasteiger partial charge in [-0.15, -0.1) is 0 Å². The van der Waals surface area contributed by atoms with Gasteiger partial charge in [0.15, 0.2) is 11.6 Å². The van der Waals surface area contributed by atoms with Gasteiger partial charge >= 0.3 is 5.69 Å². The van der Waals surface area contributed by atoms with Crippen molar-refractivity contribution in [1.29, 1.82) is 0 Å². The Bertz CT molecular complexity index is 953. The molecule has 0 radical (unpaired) electrons. The van der Waals surface area contributed by atoms with E-state index < -0.39 is 16.6 Å². The maximum atomic E-state index is 13.4. The summed E-state index contributed by atoms with van der Waals surface area (Å²) in [6.07, 6.45) is 3.22. The van der Waals surface area contributed by atoms with Crippen LogP contribution in [0.3, 0.4) is 0 Å². The minimum Gasteiger partial charge on any atom is -0.334 e. The van der Waals surface area contributed by atoms with Crippen molar-refractivity contribution in [2.24, 2.45) is 0 Å². The van der Waals surface area contributed by atoms with Gasteiger partial charge in [-0.2, -0.15) is 0 Å². The van der Waals surface area contributed by atoms with Crippen LogP contribution < -0.4 is 10.2 Å². The van der Waals surface area contributed by atoms with Gasteiger partial charge in [0.05, 0.1) is 4.92 Å². The highest BCUT2D eigenvalue weighted by atomic mass is 19.2. The molecular formula is C17H13F2N5O2. The van der Waals surface area contributed by atoms with Gasteiger partial charge in [0.2, 0.25) is 5.82 Å². The Morgan fingerprint density at radius 1 is 1.08 bits per heavy atom. The molecule has 0 saturated carbocycles. The highest BCUT2D eigenvalue weighted by molar-refractivity contribution is 5.70. The van der Waals surface area contributed by atoms with E-state index in [0.29, 0.717) is 5.82 Å². The number of hydrogen-bond donors (Lipinski definition) is 1. The summed E-state index contributed by atoms with van der Waals surface area (Å²) in [4.78, 5) is 20.5. The van der Waals surface area contributed by atoms with E-state index in [0.717, 1.165) is 17.8 Å². The Kier molecular flexibility index (Phi) is 4.70. The molecule has 3 aromatic rings. The monoisotopic (exact) mass is 357 g/mol. The topological polar surface area (TPSA) is 84.2 Å². The molecule has 0 aliphatic rings. The second-order valence-electron chi connectivity index (χ2n) is 5.31. The Hall–Kier alpha value is -3.62. The molecule has 0 bridgehead atoms. The van der Waals surface area contributed by atoms with Crippen LogP contribution in [0.15, 0.2) is 54.9 Å². The standard InChI is InChI=1S/C17H13F2N5O2/c1-23(12-6-8-20-9-7-12)16-5-4-15(24(25)26)17(22-16)21-11-2-3-13(18)14(19)10-11/h2-10H,1H3,(H,21,22). The van der Waals surface area contributed by atoms with Crippen molar-refractivity contribution >= 4 is 28.7 Å². The highest BCUT2D eigenvalue weighted by Gasteiger charge is 2.18. The molecule has 1 aromatic carbocycles. The van der Waals surface area contributed by atoms with Crippen LogP contribution in [0.4, 0.5) is 37.5 Å². The molecule has 0 fully saturated rings. The number of halogens is 2. The lowest BCUT2D eigenvalue weighted by atomic mass is 10.3. The van der Waals surface area contributed by atoms with Gasteiger partial charge in [0.25, 0.3) is 0 Å². The van der Waals surface area contributed by atoms with E-state index >= 15 is 0 Å². The van der Waals surface area contributed by atoms with Crippen LogP contribution in [0, 0.1) is 21.7 Å². The largest absolute Gasteiger partial charge is 0.334 e. The Morgan fingerprint density at radius 2 is 1.81 bits per heavy atom. The molecule has 2 aromatic heterocycles. The number of anilines is 4. The first-order chi connectivity index (χ1) is 12.5. The predicted octanol–water partition coefficient (Wildman–Crippen LogP) is 4.17. The second kappa shape index (κ2) is 7.09. The average molecular weight is 357 g/mol. The first kappa shape index (κ1) is 17.2. The van der Waals surface area contributed by atoms with E-state index in [1.807, 2.05) is 0 Å². The predicted molar refractivity (Wildman–Crippen MR) is 92.8 cm³/mol. The summed E-state index contributed by atoms with van der Waals surface area (Å²) in [6, 6.07) is 9.40. The molecule has 0 aliphatic heterocycles. The number of nitrogens with zero attached hydrogens (tertiary/aromatic N) is 4. The van der Waals surface area contributed by atoms with Crippen molar-refractivity contribution in [1.82, 2.24) is 9.97 Å². The number of benzene rings is 1. The van der Waals surface area contributed by atoms with Crippen LogP contribution in [0.5, 0.6) is 0 Å². The van der Waals surface area contributed by atoms with Crippen molar-refractivity contribution < 1.29 is 13.7 Å². The van der Waals surface area contributed by atoms with Crippen LogP contribution >= 0.6 is 0 Å². The molecule has 0 saturated heterocycles. The van der Waals surface area contributed by atoms with Gasteiger partial charge in [0.1, 0.15) is 5.82 Å². The van der Waals surface area contributed by atoms with E-state index in [1.165, 1.54) is 18.2 Å². The van der Waals surface area contributed by atoms with Gasteiger partial charge in [-0.3, -0.25) is 15.1 Å². The first-order valence-electron chi connectivity index (χ1n) is 7.47. The van der Waals surface area contributed by atoms with Crippen molar-refractivity contribution in [2.75, 3.05) is 17.3 Å². The van der Waals surface area contributed by atoms with Gasteiger partial charge in [-0.1, -0.05) is 0 Å². The Balaban J connectivity index is 1.99. The summed E-state index contributed by atoms with van der Waals surface area (Å²) in [6.45, 7) is 0. The molecule has 7 nitrogen and oxygen atoms in total. The normalized spacial score (nSPS) is 10.4. The molecule has 3 rings (SSSR count). The van der Waals surface area contributed by atoms with E-state index in [-0.39, 0.29) is 17.2 Å². The summed E-state index contributed by atoms with van der Waals surface area (Å²) < 4.78 is 26.5. The minimum absolute atomic E-state index is 0.0839. The van der Waals surface area contributed by atoms with E-state index in [1.54, 1.807) is 36.5 Å². The van der Waals surface area contributed by atoms with Crippen molar-refractivity contribution in [3.05, 3.63) is 76.6 Å². The van der Waals surface area contributed by atoms with Crippen LogP contribution in [0.25, 0.3) is 0 Å². The zero-order chi connectivity index (χ0) is 18.7. The van der Waals surface area contributed by atoms with Crippen LogP contribution in [-0.4, -0.2) is 21.9 Å². The zero-order valence-electron chi connectivity index (χ0n) is 13.6. The molecule has 9 heteroatoms. The molecule has 132 valence electrons. The Labute approximate surface area is 147 Å². The molecule has 1 N–H and O–H groups in total. The fourth-order valence-corrected chi connectivity index (χ4v) is 2.28. The van der Waals surface area contributed by atoms with Gasteiger partial charge in [0, 0.05) is 42.9 Å². The van der Waals surface area contributed by atoms with E-state index in [9.17, 15) is 18.9 Å². The Morgan fingerprint density at radius 3 is 2.46 bits per heavy atom. The second-order valence-corrected chi connectivity index (χ2v) is 5.31. The molecule has 0 aliphatic carbocycles. The fraction of sp³-hybridized carbons (Fsp3) is 0.0588. The lowest BCUT2D eigenvalue weighted by Gasteiger charge is -2.19. The third-order valence-corrected chi connectivity index (χ3v) is 3.63. The van der Waals surface area contributed by atoms with Crippen LogP contribution in [-0.2, 0) is 0 Å². The fourth-order valence-electron chi connectivity index (χ4n) is 2.28. The van der Waals surface area contributed by atoms with E-state index in [4.69, 9.17) is 0 Å². The summed E-state index contributed by atoms with van der Waals surface area (Å²) in [7, 11) is 1.74. The molecule has 0 spiro atoms. The smallest absolute Gasteiger partial charge is 0.311 e. The van der Waals surface area contributed by atoms with Crippen molar-refractivity contribution in [2.45, 2.75) is 0 Å². The van der Waals surface area contributed by atoms with Gasteiger partial charge in [-0.05, 0) is 30.3 Å². The summed E-state index contributed by atoms with van der Waals surface area (Å²) in [5.74, 6) is -1.74. The number of aromatic nitrogens is 2. The first-order valence-corrected chi connectivity index (χ1v) is 7.47. The van der Waals surface area contributed by atoms with Crippen molar-refractivity contribution in [3.63, 3.8) is 0 Å². The van der Waals surface area contributed by atoms with E-state index in [2.05, 4.69) is 15.3 Å². The third-order valence-electron chi connectivity index (χ3n) is 3.63. The number of hydrogen-bond acceptors (Lipinski definition) is 6. The summed E-state index contributed by atoms with van der Waals surface area (Å²) in [5.41, 5.74) is 0.630. The van der Waals surface area contributed by atoms with Gasteiger partial charge < -0.3 is 10.2 Å². The average Bonchev–Trinajstić information content (AvgIpc) is 2.64. The van der Waals surface area contributed by atoms with Crippen LogP contribution in [0.2, 0.25) is 0 Å². The summed E-state index contributed by atoms with van der Waals surface area (Å²) >= 11 is 0. The number of nitrogens with one attached hydrogen (secondary N) is 1. The lowest BCUT2D eigenvalue weighted by Crippen LogP contribution is -2.12. The van der Waals surface area contributed by atoms with Crippen LogP contribution in [0.1, 0.15) is 0 Å². The SMILES string of the molecule is CN(c1ccncc1)c1ccc([N+](=O)[O-])c(Nc2ccc(F)c(F)c2)n1. The lowest BCUT2D eigenvalue weighted by molar-refractivity contribution is -0.384. The summed E-state index contributed by atoms with van der Waals surface area (Å²) in [5, 5.41) is 13.9.